The molecule has 1 aromatic rings. The van der Waals surface area contributed by atoms with Gasteiger partial charge in [0.25, 0.3) is 0 Å². The van der Waals surface area contributed by atoms with Gasteiger partial charge in [-0.05, 0) is 6.92 Å². The molecule has 0 fully saturated rings. The number of rotatable bonds is 4. The van der Waals surface area contributed by atoms with Gasteiger partial charge in [-0.1, -0.05) is 18.5 Å². The van der Waals surface area contributed by atoms with E-state index < -0.39 is 0 Å². The summed E-state index contributed by atoms with van der Waals surface area (Å²) >= 11 is 7.25. The van der Waals surface area contributed by atoms with Crippen LogP contribution in [0, 0.1) is 0 Å². The van der Waals surface area contributed by atoms with Gasteiger partial charge in [0.2, 0.25) is 0 Å². The van der Waals surface area contributed by atoms with Crippen LogP contribution in [0.2, 0.25) is 5.15 Å². The second-order valence-corrected chi connectivity index (χ2v) is 4.84. The summed E-state index contributed by atoms with van der Waals surface area (Å²) in [6.45, 7) is 3.77. The first-order valence-corrected chi connectivity index (χ1v) is 5.78. The molecule has 0 radical (unpaired) electrons. The highest BCUT2D eigenvalue weighted by Crippen LogP contribution is 2.18. The second-order valence-electron chi connectivity index (χ2n) is 3.09. The lowest BCUT2D eigenvalue weighted by Crippen LogP contribution is -2.15. The maximum atomic E-state index is 9.27. The van der Waals surface area contributed by atoms with Crippen LogP contribution in [-0.4, -0.2) is 26.4 Å². The van der Waals surface area contributed by atoms with Crippen molar-refractivity contribution >= 4 is 23.4 Å². The third kappa shape index (κ3) is 3.82. The molecule has 1 aromatic heterocycles. The summed E-state index contributed by atoms with van der Waals surface area (Å²) in [6, 6.07) is 0. The van der Waals surface area contributed by atoms with Crippen LogP contribution in [0.3, 0.4) is 0 Å². The Morgan fingerprint density at radius 3 is 2.64 bits per heavy atom. The highest BCUT2D eigenvalue weighted by atomic mass is 35.5. The first-order valence-electron chi connectivity index (χ1n) is 4.35. The van der Waals surface area contributed by atoms with Gasteiger partial charge in [-0.2, -0.15) is 0 Å². The number of thioether (sulfide) groups is 1. The highest BCUT2D eigenvalue weighted by Gasteiger charge is 2.09. The van der Waals surface area contributed by atoms with Gasteiger partial charge in [-0.25, -0.2) is 4.98 Å². The molecule has 2 atom stereocenters. The van der Waals surface area contributed by atoms with Crippen molar-refractivity contribution in [3.05, 3.63) is 23.2 Å². The summed E-state index contributed by atoms with van der Waals surface area (Å²) in [6.07, 6.45) is 2.88. The van der Waals surface area contributed by atoms with E-state index in [2.05, 4.69) is 9.97 Å². The van der Waals surface area contributed by atoms with E-state index >= 15 is 0 Å². The van der Waals surface area contributed by atoms with E-state index in [1.165, 1.54) is 6.20 Å². The number of aromatic nitrogens is 2. The Labute approximate surface area is 92.9 Å². The van der Waals surface area contributed by atoms with Crippen molar-refractivity contribution in [3.8, 4) is 0 Å². The van der Waals surface area contributed by atoms with Crippen molar-refractivity contribution in [1.82, 2.24) is 9.97 Å². The summed E-state index contributed by atoms with van der Waals surface area (Å²) in [5.41, 5.74) is 0.881. The number of hydrogen-bond acceptors (Lipinski definition) is 4. The predicted octanol–water partition coefficient (Wildman–Crippen LogP) is 2.13. The fourth-order valence-electron chi connectivity index (χ4n) is 0.770. The lowest BCUT2D eigenvalue weighted by atomic mass is 10.3. The third-order valence-corrected chi connectivity index (χ3v) is 3.42. The maximum Gasteiger partial charge on any atom is 0.147 e. The van der Waals surface area contributed by atoms with Crippen molar-refractivity contribution in [2.24, 2.45) is 0 Å². The quantitative estimate of drug-likeness (QED) is 0.864. The Morgan fingerprint density at radius 2 is 2.14 bits per heavy atom. The van der Waals surface area contributed by atoms with Crippen LogP contribution < -0.4 is 0 Å². The van der Waals surface area contributed by atoms with Crippen LogP contribution in [0.5, 0.6) is 0 Å². The normalized spacial score (nSPS) is 15.1. The van der Waals surface area contributed by atoms with Gasteiger partial charge in [0.15, 0.2) is 0 Å². The molecule has 0 saturated heterocycles. The molecule has 3 nitrogen and oxygen atoms in total. The van der Waals surface area contributed by atoms with Crippen LogP contribution in [0.15, 0.2) is 12.4 Å². The predicted molar refractivity (Wildman–Crippen MR) is 59.5 cm³/mol. The molecule has 5 heteroatoms. The fourth-order valence-corrected chi connectivity index (χ4v) is 1.73. The Balaban J connectivity index is 2.42. The molecule has 0 spiro atoms. The molecule has 1 rings (SSSR count). The molecule has 0 saturated carbocycles. The molecular weight excluding hydrogens is 220 g/mol. The van der Waals surface area contributed by atoms with Crippen LogP contribution in [-0.2, 0) is 5.75 Å². The number of nitrogens with zero attached hydrogens (tertiary/aromatic N) is 2. The topological polar surface area (TPSA) is 46.0 Å². The molecule has 0 aromatic carbocycles. The number of aliphatic hydroxyl groups excluding tert-OH is 1. The van der Waals surface area contributed by atoms with Gasteiger partial charge in [-0.3, -0.25) is 4.98 Å². The Hall–Kier alpha value is -0.320. The van der Waals surface area contributed by atoms with Gasteiger partial charge < -0.3 is 5.11 Å². The van der Waals surface area contributed by atoms with E-state index in [4.69, 9.17) is 11.6 Å². The van der Waals surface area contributed by atoms with Gasteiger partial charge in [0, 0.05) is 11.0 Å². The number of aliphatic hydroxyl groups is 1. The van der Waals surface area contributed by atoms with Gasteiger partial charge >= 0.3 is 0 Å². The minimum atomic E-state index is -0.305. The van der Waals surface area contributed by atoms with E-state index in [0.29, 0.717) is 5.15 Å². The molecule has 0 amide bonds. The molecule has 0 aliphatic rings. The standard InChI is InChI=1S/C9H13ClN2OS/c1-6(13)7(2)14-5-8-3-12-9(10)4-11-8/h3-4,6-7,13H,5H2,1-2H3. The van der Waals surface area contributed by atoms with E-state index in [9.17, 15) is 5.11 Å². The van der Waals surface area contributed by atoms with Crippen molar-refractivity contribution in [2.75, 3.05) is 0 Å². The van der Waals surface area contributed by atoms with E-state index in [1.807, 2.05) is 6.92 Å². The first-order chi connectivity index (χ1) is 6.59. The number of halogens is 1. The molecule has 0 aliphatic heterocycles. The monoisotopic (exact) mass is 232 g/mol. The summed E-state index contributed by atoms with van der Waals surface area (Å²) < 4.78 is 0. The summed E-state index contributed by atoms with van der Waals surface area (Å²) in [4.78, 5) is 8.04. The molecular formula is C9H13ClN2OS. The highest BCUT2D eigenvalue weighted by molar-refractivity contribution is 7.99. The molecule has 1 N–H and O–H groups in total. The van der Waals surface area contributed by atoms with Gasteiger partial charge in [0.1, 0.15) is 5.15 Å². The zero-order valence-electron chi connectivity index (χ0n) is 8.14. The smallest absolute Gasteiger partial charge is 0.147 e. The lowest BCUT2D eigenvalue weighted by Gasteiger charge is -2.13. The van der Waals surface area contributed by atoms with E-state index in [-0.39, 0.29) is 11.4 Å². The minimum absolute atomic E-state index is 0.201. The molecule has 0 aliphatic carbocycles. The summed E-state index contributed by atoms with van der Waals surface area (Å²) in [7, 11) is 0. The van der Waals surface area contributed by atoms with Crippen LogP contribution in [0.4, 0.5) is 0 Å². The lowest BCUT2D eigenvalue weighted by molar-refractivity contribution is 0.196. The van der Waals surface area contributed by atoms with Crippen LogP contribution in [0.1, 0.15) is 19.5 Å². The average molecular weight is 233 g/mol. The van der Waals surface area contributed by atoms with Crippen LogP contribution in [0.25, 0.3) is 0 Å². The average Bonchev–Trinajstić information content (AvgIpc) is 2.16. The third-order valence-electron chi connectivity index (χ3n) is 1.85. The Kier molecular flexibility index (Phi) is 4.65. The summed E-state index contributed by atoms with van der Waals surface area (Å²) in [5.74, 6) is 0.746. The van der Waals surface area contributed by atoms with E-state index in [1.54, 1.807) is 24.9 Å². The SMILES string of the molecule is CC(O)C(C)SCc1cnc(Cl)cn1. The van der Waals surface area contributed by atoms with Crippen LogP contribution >= 0.6 is 23.4 Å². The van der Waals surface area contributed by atoms with Gasteiger partial charge in [-0.15, -0.1) is 11.8 Å². The minimum Gasteiger partial charge on any atom is -0.392 e. The summed E-state index contributed by atoms with van der Waals surface area (Å²) in [5, 5.41) is 9.87. The van der Waals surface area contributed by atoms with E-state index in [0.717, 1.165) is 11.4 Å². The molecule has 2 unspecified atom stereocenters. The van der Waals surface area contributed by atoms with Crippen molar-refractivity contribution in [2.45, 2.75) is 31.0 Å². The largest absolute Gasteiger partial charge is 0.392 e. The van der Waals surface area contributed by atoms with Crippen molar-refractivity contribution in [1.29, 1.82) is 0 Å². The first kappa shape index (κ1) is 11.8. The fraction of sp³-hybridized carbons (Fsp3) is 0.556. The molecule has 1 heterocycles. The molecule has 14 heavy (non-hydrogen) atoms. The molecule has 78 valence electrons. The zero-order valence-corrected chi connectivity index (χ0v) is 9.72. The van der Waals surface area contributed by atoms with Crippen molar-refractivity contribution < 1.29 is 5.11 Å². The second kappa shape index (κ2) is 5.53. The Morgan fingerprint density at radius 1 is 1.43 bits per heavy atom. The number of hydrogen-bond donors (Lipinski definition) is 1. The van der Waals surface area contributed by atoms with Gasteiger partial charge in [0.05, 0.1) is 24.2 Å². The van der Waals surface area contributed by atoms with Crippen molar-refractivity contribution in [3.63, 3.8) is 0 Å². The maximum absolute atomic E-state index is 9.27. The zero-order chi connectivity index (χ0) is 10.6. The molecule has 0 bridgehead atoms. The Bertz CT molecular complexity index is 279.